The third-order valence-corrected chi connectivity index (χ3v) is 5.39. The third-order valence-electron chi connectivity index (χ3n) is 3.75. The van der Waals surface area contributed by atoms with Crippen LogP contribution in [0.15, 0.2) is 0 Å². The van der Waals surface area contributed by atoms with Gasteiger partial charge >= 0.3 is 11.9 Å². The summed E-state index contributed by atoms with van der Waals surface area (Å²) in [5.41, 5.74) is 1.16. The highest BCUT2D eigenvalue weighted by molar-refractivity contribution is 7.18. The number of hydrogen-bond donors (Lipinski definition) is 1. The standard InChI is InChI=1S/C17H20ClN3O5S/c1-6-7-26-16(23)10-8(2)13(17(24)25-5)27-15(10)19-14(22)12-11(18)9(3)20-21(12)4/h6-7H2,1-5H3,(H,19,22). The van der Waals surface area contributed by atoms with Crippen molar-refractivity contribution >= 4 is 45.8 Å². The Morgan fingerprint density at radius 3 is 2.44 bits per heavy atom. The minimum atomic E-state index is -0.622. The number of thiophene rings is 1. The van der Waals surface area contributed by atoms with Crippen LogP contribution < -0.4 is 5.32 Å². The molecule has 8 nitrogen and oxygen atoms in total. The predicted molar refractivity (Wildman–Crippen MR) is 102 cm³/mol. The first-order valence-corrected chi connectivity index (χ1v) is 9.31. The molecule has 0 spiro atoms. The molecule has 0 radical (unpaired) electrons. The van der Waals surface area contributed by atoms with E-state index < -0.39 is 17.8 Å². The van der Waals surface area contributed by atoms with E-state index in [2.05, 4.69) is 10.4 Å². The zero-order valence-corrected chi connectivity index (χ0v) is 17.2. The highest BCUT2D eigenvalue weighted by atomic mass is 35.5. The van der Waals surface area contributed by atoms with Crippen molar-refractivity contribution in [3.8, 4) is 0 Å². The van der Waals surface area contributed by atoms with E-state index in [4.69, 9.17) is 21.1 Å². The van der Waals surface area contributed by atoms with Crippen LogP contribution in [-0.4, -0.2) is 41.3 Å². The van der Waals surface area contributed by atoms with Crippen LogP contribution >= 0.6 is 22.9 Å². The molecule has 2 aromatic rings. The van der Waals surface area contributed by atoms with Gasteiger partial charge in [0.25, 0.3) is 5.91 Å². The fourth-order valence-corrected chi connectivity index (χ4v) is 3.80. The SMILES string of the molecule is CCCOC(=O)c1c(NC(=O)c2c(Cl)c(C)nn2C)sc(C(=O)OC)c1C. The molecule has 0 fully saturated rings. The molecule has 0 aliphatic rings. The molecular weight excluding hydrogens is 394 g/mol. The summed E-state index contributed by atoms with van der Waals surface area (Å²) < 4.78 is 11.3. The predicted octanol–water partition coefficient (Wildman–Crippen LogP) is 3.36. The van der Waals surface area contributed by atoms with Crippen molar-refractivity contribution < 1.29 is 23.9 Å². The number of aromatic nitrogens is 2. The van der Waals surface area contributed by atoms with Crippen LogP contribution in [-0.2, 0) is 16.5 Å². The van der Waals surface area contributed by atoms with Gasteiger partial charge in [-0.1, -0.05) is 18.5 Å². The van der Waals surface area contributed by atoms with Crippen molar-refractivity contribution in [3.05, 3.63) is 32.4 Å². The Kier molecular flexibility index (Phi) is 6.61. The largest absolute Gasteiger partial charge is 0.465 e. The van der Waals surface area contributed by atoms with Gasteiger partial charge in [0.1, 0.15) is 15.6 Å². The lowest BCUT2D eigenvalue weighted by atomic mass is 10.1. The average molecular weight is 414 g/mol. The maximum Gasteiger partial charge on any atom is 0.348 e. The Balaban J connectivity index is 2.46. The number of rotatable bonds is 6. The first-order valence-electron chi connectivity index (χ1n) is 8.12. The maximum atomic E-state index is 12.7. The van der Waals surface area contributed by atoms with Gasteiger partial charge in [0, 0.05) is 7.05 Å². The molecular formula is C17H20ClN3O5S. The van der Waals surface area contributed by atoms with E-state index in [9.17, 15) is 14.4 Å². The zero-order valence-electron chi connectivity index (χ0n) is 15.6. The highest BCUT2D eigenvalue weighted by Crippen LogP contribution is 2.35. The number of nitrogens with one attached hydrogen (secondary N) is 1. The van der Waals surface area contributed by atoms with E-state index in [0.29, 0.717) is 17.7 Å². The lowest BCUT2D eigenvalue weighted by Crippen LogP contribution is -2.18. The summed E-state index contributed by atoms with van der Waals surface area (Å²) in [6.07, 6.45) is 0.643. The number of esters is 2. The molecule has 0 saturated carbocycles. The molecule has 0 aliphatic carbocycles. The van der Waals surface area contributed by atoms with Gasteiger partial charge in [0.15, 0.2) is 0 Å². The number of anilines is 1. The van der Waals surface area contributed by atoms with Crippen molar-refractivity contribution in [3.63, 3.8) is 0 Å². The Morgan fingerprint density at radius 2 is 1.93 bits per heavy atom. The summed E-state index contributed by atoms with van der Waals surface area (Å²) >= 11 is 7.09. The van der Waals surface area contributed by atoms with E-state index in [-0.39, 0.29) is 32.8 Å². The molecule has 0 aliphatic heterocycles. The molecule has 2 heterocycles. The number of nitrogens with zero attached hydrogens (tertiary/aromatic N) is 2. The number of halogens is 1. The molecule has 0 unspecified atom stereocenters. The number of aryl methyl sites for hydroxylation is 2. The molecule has 27 heavy (non-hydrogen) atoms. The third kappa shape index (κ3) is 4.14. The second kappa shape index (κ2) is 8.53. The fraction of sp³-hybridized carbons (Fsp3) is 0.412. The number of hydrogen-bond acceptors (Lipinski definition) is 7. The van der Waals surface area contributed by atoms with Crippen molar-refractivity contribution in [2.24, 2.45) is 7.05 Å². The second-order valence-corrected chi connectivity index (χ2v) is 7.11. The van der Waals surface area contributed by atoms with E-state index in [1.165, 1.54) is 11.8 Å². The monoisotopic (exact) mass is 413 g/mol. The van der Waals surface area contributed by atoms with Crippen molar-refractivity contribution in [2.45, 2.75) is 27.2 Å². The lowest BCUT2D eigenvalue weighted by Gasteiger charge is -2.08. The van der Waals surface area contributed by atoms with Gasteiger partial charge in [-0.3, -0.25) is 9.48 Å². The molecule has 10 heteroatoms. The van der Waals surface area contributed by atoms with Gasteiger partial charge in [-0.2, -0.15) is 5.10 Å². The summed E-state index contributed by atoms with van der Waals surface area (Å²) in [5.74, 6) is -1.77. The van der Waals surface area contributed by atoms with E-state index in [1.807, 2.05) is 6.92 Å². The van der Waals surface area contributed by atoms with Crippen molar-refractivity contribution in [1.82, 2.24) is 9.78 Å². The number of carbonyl (C=O) groups excluding carboxylic acids is 3. The van der Waals surface area contributed by atoms with Crippen LogP contribution in [0, 0.1) is 13.8 Å². The van der Waals surface area contributed by atoms with Crippen LogP contribution in [0.3, 0.4) is 0 Å². The molecule has 0 bridgehead atoms. The van der Waals surface area contributed by atoms with Crippen molar-refractivity contribution in [1.29, 1.82) is 0 Å². The first kappa shape index (κ1) is 20.9. The molecule has 146 valence electrons. The van der Waals surface area contributed by atoms with Crippen LogP contribution in [0.25, 0.3) is 0 Å². The maximum absolute atomic E-state index is 12.7. The van der Waals surface area contributed by atoms with Gasteiger partial charge in [-0.15, -0.1) is 11.3 Å². The summed E-state index contributed by atoms with van der Waals surface area (Å²) in [4.78, 5) is 37.4. The van der Waals surface area contributed by atoms with Crippen LogP contribution in [0.1, 0.15) is 55.1 Å². The molecule has 0 aromatic carbocycles. The van der Waals surface area contributed by atoms with E-state index >= 15 is 0 Å². The summed E-state index contributed by atoms with van der Waals surface area (Å²) in [5, 5.41) is 7.15. The molecule has 1 N–H and O–H groups in total. The van der Waals surface area contributed by atoms with E-state index in [1.54, 1.807) is 20.9 Å². The van der Waals surface area contributed by atoms with Crippen LogP contribution in [0.4, 0.5) is 5.00 Å². The molecule has 1 amide bonds. The molecule has 0 saturated heterocycles. The summed E-state index contributed by atoms with van der Waals surface area (Å²) in [6, 6.07) is 0. The second-order valence-electron chi connectivity index (χ2n) is 5.71. The summed E-state index contributed by atoms with van der Waals surface area (Å²) in [6.45, 7) is 5.37. The Morgan fingerprint density at radius 1 is 1.26 bits per heavy atom. The average Bonchev–Trinajstić information content (AvgIpc) is 3.07. The number of carbonyl (C=O) groups is 3. The quantitative estimate of drug-likeness (QED) is 0.729. The smallest absolute Gasteiger partial charge is 0.348 e. The lowest BCUT2D eigenvalue weighted by molar-refractivity contribution is 0.0506. The van der Waals surface area contributed by atoms with Crippen molar-refractivity contribution in [2.75, 3.05) is 19.0 Å². The highest BCUT2D eigenvalue weighted by Gasteiger charge is 2.28. The van der Waals surface area contributed by atoms with Gasteiger partial charge in [0.05, 0.1) is 30.0 Å². The topological polar surface area (TPSA) is 99.5 Å². The summed E-state index contributed by atoms with van der Waals surface area (Å²) in [7, 11) is 2.83. The zero-order chi connectivity index (χ0) is 20.3. The molecule has 2 rings (SSSR count). The Bertz CT molecular complexity index is 903. The van der Waals surface area contributed by atoms with Crippen LogP contribution in [0.2, 0.25) is 5.02 Å². The Hall–Kier alpha value is -2.39. The van der Waals surface area contributed by atoms with Gasteiger partial charge < -0.3 is 14.8 Å². The fourth-order valence-electron chi connectivity index (χ4n) is 2.44. The van der Waals surface area contributed by atoms with E-state index in [0.717, 1.165) is 11.3 Å². The minimum absolute atomic E-state index is 0.122. The normalized spacial score (nSPS) is 10.6. The minimum Gasteiger partial charge on any atom is -0.465 e. The Labute approximate surface area is 165 Å². The van der Waals surface area contributed by atoms with Crippen LogP contribution in [0.5, 0.6) is 0 Å². The van der Waals surface area contributed by atoms with Gasteiger partial charge in [0.2, 0.25) is 0 Å². The molecule has 2 aromatic heterocycles. The van der Waals surface area contributed by atoms with Gasteiger partial charge in [-0.25, -0.2) is 9.59 Å². The number of amides is 1. The number of methoxy groups -OCH3 is 1. The first-order chi connectivity index (χ1) is 12.7. The molecule has 0 atom stereocenters. The number of ether oxygens (including phenoxy) is 2. The van der Waals surface area contributed by atoms with Gasteiger partial charge in [-0.05, 0) is 25.8 Å².